The predicted octanol–water partition coefficient (Wildman–Crippen LogP) is 1.10. The van der Waals surface area contributed by atoms with Crippen LogP contribution in [-0.4, -0.2) is 59.1 Å². The summed E-state index contributed by atoms with van der Waals surface area (Å²) in [5.41, 5.74) is 1.64. The third kappa shape index (κ3) is 9.86. The molecule has 7 nitrogen and oxygen atoms in total. The molecule has 0 aliphatic carbocycles. The lowest BCUT2D eigenvalue weighted by atomic mass is 10.1. The molecule has 0 aromatic heterocycles. The number of nitrogens with one attached hydrogen (secondary N) is 2. The van der Waals surface area contributed by atoms with Crippen LogP contribution in [0.4, 0.5) is 0 Å². The lowest BCUT2D eigenvalue weighted by Crippen LogP contribution is -2.35. The lowest BCUT2D eigenvalue weighted by Gasteiger charge is -2.16. The normalized spacial score (nSPS) is 11.9. The second-order valence-electron chi connectivity index (χ2n) is 6.71. The molecule has 26 heavy (non-hydrogen) atoms. The fraction of sp³-hybridized carbons (Fsp3) is 0.611. The highest BCUT2D eigenvalue weighted by atomic mass is 32.2. The van der Waals surface area contributed by atoms with Gasteiger partial charge in [0, 0.05) is 32.8 Å². The maximum atomic E-state index is 11.9. The quantitative estimate of drug-likeness (QED) is 0.526. The van der Waals surface area contributed by atoms with Gasteiger partial charge < -0.3 is 10.1 Å². The molecule has 148 valence electrons. The maximum absolute atomic E-state index is 11.9. The van der Waals surface area contributed by atoms with Crippen LogP contribution in [0.2, 0.25) is 0 Å². The Kier molecular flexibility index (Phi) is 9.79. The molecule has 0 saturated carbocycles. The molecule has 0 aliphatic rings. The summed E-state index contributed by atoms with van der Waals surface area (Å²) in [5, 5.41) is 2.87. The van der Waals surface area contributed by atoms with Crippen molar-refractivity contribution in [2.75, 3.05) is 33.9 Å². The van der Waals surface area contributed by atoms with E-state index in [-0.39, 0.29) is 17.7 Å². The topological polar surface area (TPSA) is 87.7 Å². The number of sulfonamides is 1. The van der Waals surface area contributed by atoms with Crippen LogP contribution in [0.5, 0.6) is 0 Å². The van der Waals surface area contributed by atoms with E-state index in [4.69, 9.17) is 4.74 Å². The van der Waals surface area contributed by atoms with Crippen LogP contribution < -0.4 is 10.0 Å². The second kappa shape index (κ2) is 11.3. The van der Waals surface area contributed by atoms with Gasteiger partial charge >= 0.3 is 0 Å². The van der Waals surface area contributed by atoms with E-state index >= 15 is 0 Å². The molecule has 0 heterocycles. The number of rotatable bonds is 12. The molecule has 0 fully saturated rings. The Morgan fingerprint density at radius 1 is 1.19 bits per heavy atom. The molecule has 0 atom stereocenters. The number of hydrogen-bond donors (Lipinski definition) is 2. The zero-order valence-electron chi connectivity index (χ0n) is 16.1. The number of ether oxygens (including phenoxy) is 1. The van der Waals surface area contributed by atoms with E-state index in [0.29, 0.717) is 25.3 Å². The molecule has 8 heteroatoms. The smallest absolute Gasteiger partial charge is 0.234 e. The van der Waals surface area contributed by atoms with Gasteiger partial charge in [-0.1, -0.05) is 24.3 Å². The molecule has 0 aliphatic heterocycles. The van der Waals surface area contributed by atoms with E-state index in [1.54, 1.807) is 33.1 Å². The summed E-state index contributed by atoms with van der Waals surface area (Å²) < 4.78 is 31.4. The van der Waals surface area contributed by atoms with E-state index in [1.807, 2.05) is 24.1 Å². The number of carbonyl (C=O) groups excluding carboxylic acids is 1. The first kappa shape index (κ1) is 22.6. The number of hydrogen-bond acceptors (Lipinski definition) is 5. The number of carbonyl (C=O) groups is 1. The van der Waals surface area contributed by atoms with E-state index < -0.39 is 10.0 Å². The standard InChI is InChI=1S/C18H31N3O4S/c1-15(2)20-26(23,24)14-17-8-6-16(7-9-17)12-19-18(22)13-21(3)10-5-11-25-4/h6-9,15,20H,5,10-14H2,1-4H3,(H,19,22). The minimum atomic E-state index is -3.33. The van der Waals surface area contributed by atoms with Crippen LogP contribution in [0.25, 0.3) is 0 Å². The fourth-order valence-corrected chi connectivity index (χ4v) is 3.87. The molecule has 2 N–H and O–H groups in total. The summed E-state index contributed by atoms with van der Waals surface area (Å²) >= 11 is 0. The fourth-order valence-electron chi connectivity index (χ4n) is 2.43. The molecule has 0 bridgehead atoms. The first-order valence-electron chi connectivity index (χ1n) is 8.74. The summed E-state index contributed by atoms with van der Waals surface area (Å²) in [5.74, 6) is -0.0953. The van der Waals surface area contributed by atoms with Gasteiger partial charge in [-0.15, -0.1) is 0 Å². The summed E-state index contributed by atoms with van der Waals surface area (Å²) in [6.07, 6.45) is 0.885. The molecule has 0 spiro atoms. The van der Waals surface area contributed by atoms with Gasteiger partial charge in [0.25, 0.3) is 0 Å². The van der Waals surface area contributed by atoms with Gasteiger partial charge in [-0.2, -0.15) is 0 Å². The molecule has 1 rings (SSSR count). The maximum Gasteiger partial charge on any atom is 0.234 e. The van der Waals surface area contributed by atoms with Crippen molar-refractivity contribution in [3.8, 4) is 0 Å². The van der Waals surface area contributed by atoms with Crippen LogP contribution in [0.1, 0.15) is 31.4 Å². The van der Waals surface area contributed by atoms with Gasteiger partial charge in [0.1, 0.15) is 0 Å². The third-order valence-corrected chi connectivity index (χ3v) is 5.13. The molecule has 1 amide bonds. The van der Waals surface area contributed by atoms with Crippen LogP contribution in [0.3, 0.4) is 0 Å². The summed E-state index contributed by atoms with van der Waals surface area (Å²) in [6.45, 7) is 5.81. The Morgan fingerprint density at radius 3 is 2.38 bits per heavy atom. The molecule has 0 saturated heterocycles. The van der Waals surface area contributed by atoms with Crippen molar-refractivity contribution in [1.29, 1.82) is 0 Å². The zero-order valence-corrected chi connectivity index (χ0v) is 16.9. The number of benzene rings is 1. The van der Waals surface area contributed by atoms with Gasteiger partial charge in [0.05, 0.1) is 12.3 Å². The highest BCUT2D eigenvalue weighted by molar-refractivity contribution is 7.88. The summed E-state index contributed by atoms with van der Waals surface area (Å²) in [6, 6.07) is 7.10. The van der Waals surface area contributed by atoms with E-state index in [9.17, 15) is 13.2 Å². The van der Waals surface area contributed by atoms with Crippen molar-refractivity contribution in [3.05, 3.63) is 35.4 Å². The molecular weight excluding hydrogens is 354 g/mol. The largest absolute Gasteiger partial charge is 0.385 e. The summed E-state index contributed by atoms with van der Waals surface area (Å²) in [7, 11) is 0.230. The first-order valence-corrected chi connectivity index (χ1v) is 10.4. The van der Waals surface area contributed by atoms with Gasteiger partial charge in [0.15, 0.2) is 0 Å². The van der Waals surface area contributed by atoms with Crippen LogP contribution in [0, 0.1) is 0 Å². The lowest BCUT2D eigenvalue weighted by molar-refractivity contribution is -0.122. The van der Waals surface area contributed by atoms with Crippen molar-refractivity contribution >= 4 is 15.9 Å². The Bertz CT molecular complexity index is 645. The van der Waals surface area contributed by atoms with E-state index in [0.717, 1.165) is 18.5 Å². The summed E-state index contributed by atoms with van der Waals surface area (Å²) in [4.78, 5) is 13.9. The monoisotopic (exact) mass is 385 g/mol. The average Bonchev–Trinajstić information content (AvgIpc) is 2.52. The Hall–Kier alpha value is -1.48. The van der Waals surface area contributed by atoms with Crippen molar-refractivity contribution in [2.24, 2.45) is 0 Å². The minimum Gasteiger partial charge on any atom is -0.385 e. The van der Waals surface area contributed by atoms with Gasteiger partial charge in [0.2, 0.25) is 15.9 Å². The number of nitrogens with zero attached hydrogens (tertiary/aromatic N) is 1. The van der Waals surface area contributed by atoms with Crippen LogP contribution in [-0.2, 0) is 31.9 Å². The third-order valence-electron chi connectivity index (χ3n) is 3.59. The average molecular weight is 386 g/mol. The minimum absolute atomic E-state index is 0.0438. The molecule has 0 unspecified atom stereocenters. The van der Waals surface area contributed by atoms with E-state index in [1.165, 1.54) is 0 Å². The van der Waals surface area contributed by atoms with Gasteiger partial charge in [-0.05, 0) is 38.4 Å². The number of methoxy groups -OCH3 is 1. The van der Waals surface area contributed by atoms with Crippen molar-refractivity contribution < 1.29 is 17.9 Å². The van der Waals surface area contributed by atoms with Crippen LogP contribution in [0.15, 0.2) is 24.3 Å². The first-order chi connectivity index (χ1) is 12.2. The Labute approximate surface area is 157 Å². The number of likely N-dealkylation sites (N-methyl/N-ethyl adjacent to an activating group) is 1. The SMILES string of the molecule is COCCCN(C)CC(=O)NCc1ccc(CS(=O)(=O)NC(C)C)cc1. The second-order valence-corrected chi connectivity index (χ2v) is 8.46. The molecular formula is C18H31N3O4S. The van der Waals surface area contributed by atoms with Crippen LogP contribution >= 0.6 is 0 Å². The number of amides is 1. The Balaban J connectivity index is 2.41. The van der Waals surface area contributed by atoms with Crippen molar-refractivity contribution in [3.63, 3.8) is 0 Å². The highest BCUT2D eigenvalue weighted by Gasteiger charge is 2.13. The Morgan fingerprint density at radius 2 is 1.81 bits per heavy atom. The highest BCUT2D eigenvalue weighted by Crippen LogP contribution is 2.08. The molecule has 0 radical (unpaired) electrons. The van der Waals surface area contributed by atoms with Gasteiger partial charge in [-0.3, -0.25) is 9.69 Å². The van der Waals surface area contributed by atoms with Gasteiger partial charge in [-0.25, -0.2) is 13.1 Å². The predicted molar refractivity (Wildman–Crippen MR) is 103 cm³/mol. The van der Waals surface area contributed by atoms with Crippen molar-refractivity contribution in [2.45, 2.75) is 38.6 Å². The van der Waals surface area contributed by atoms with Crippen molar-refractivity contribution in [1.82, 2.24) is 14.9 Å². The van der Waals surface area contributed by atoms with E-state index in [2.05, 4.69) is 10.0 Å². The molecule has 1 aromatic carbocycles. The zero-order chi connectivity index (χ0) is 19.6. The molecule has 1 aromatic rings.